The number of halogens is 2. The van der Waals surface area contributed by atoms with Gasteiger partial charge in [0.25, 0.3) is 5.91 Å². The van der Waals surface area contributed by atoms with Crippen LogP contribution in [0.1, 0.15) is 21.5 Å². The molecule has 4 aromatic rings. The predicted octanol–water partition coefficient (Wildman–Crippen LogP) is 6.20. The molecule has 1 N–H and O–H groups in total. The van der Waals surface area contributed by atoms with Gasteiger partial charge in [-0.05, 0) is 48.0 Å². The Kier molecular flexibility index (Phi) is 7.65. The number of fused-ring (bicyclic) bond motifs is 1. The Morgan fingerprint density at radius 1 is 0.943 bits per heavy atom. The zero-order valence-corrected chi connectivity index (χ0v) is 20.1. The zero-order valence-electron chi connectivity index (χ0n) is 18.6. The molecular formula is C27H20Cl2N2O4. The van der Waals surface area contributed by atoms with Crippen LogP contribution in [0.4, 0.5) is 0 Å². The van der Waals surface area contributed by atoms with E-state index in [2.05, 4.69) is 10.5 Å². The van der Waals surface area contributed by atoms with Crippen LogP contribution in [-0.4, -0.2) is 24.7 Å². The van der Waals surface area contributed by atoms with Gasteiger partial charge in [-0.2, -0.15) is 5.10 Å². The first kappa shape index (κ1) is 24.3. The van der Waals surface area contributed by atoms with Crippen molar-refractivity contribution in [3.05, 3.63) is 106 Å². The molecule has 4 rings (SSSR count). The lowest BCUT2D eigenvalue weighted by Gasteiger charge is -2.11. The van der Waals surface area contributed by atoms with E-state index < -0.39 is 11.9 Å². The molecule has 176 valence electrons. The van der Waals surface area contributed by atoms with Crippen LogP contribution in [0, 0.1) is 6.92 Å². The van der Waals surface area contributed by atoms with Gasteiger partial charge in [-0.1, -0.05) is 77.3 Å². The van der Waals surface area contributed by atoms with Crippen LogP contribution in [0.2, 0.25) is 10.0 Å². The Morgan fingerprint density at radius 2 is 1.74 bits per heavy atom. The van der Waals surface area contributed by atoms with Gasteiger partial charge in [-0.15, -0.1) is 0 Å². The number of carbonyl (C=O) groups excluding carboxylic acids is 2. The van der Waals surface area contributed by atoms with Crippen molar-refractivity contribution in [1.29, 1.82) is 0 Å². The fourth-order valence-electron chi connectivity index (χ4n) is 3.37. The molecule has 0 aliphatic heterocycles. The van der Waals surface area contributed by atoms with Crippen molar-refractivity contribution in [2.24, 2.45) is 5.10 Å². The maximum Gasteiger partial charge on any atom is 0.343 e. The summed E-state index contributed by atoms with van der Waals surface area (Å²) in [6, 6.07) is 23.2. The maximum absolute atomic E-state index is 12.7. The minimum atomic E-state index is -0.504. The van der Waals surface area contributed by atoms with Gasteiger partial charge in [0.1, 0.15) is 16.5 Å². The lowest BCUT2D eigenvalue weighted by Crippen LogP contribution is -2.24. The first-order chi connectivity index (χ1) is 16.9. The van der Waals surface area contributed by atoms with E-state index in [0.717, 1.165) is 16.3 Å². The molecule has 0 saturated heterocycles. The summed E-state index contributed by atoms with van der Waals surface area (Å²) in [5, 5.41) is 6.33. The predicted molar refractivity (Wildman–Crippen MR) is 138 cm³/mol. The van der Waals surface area contributed by atoms with Gasteiger partial charge in [0.2, 0.25) is 0 Å². The normalized spacial score (nSPS) is 10.9. The number of carbonyl (C=O) groups is 2. The molecule has 4 aromatic carbocycles. The lowest BCUT2D eigenvalue weighted by molar-refractivity contribution is -0.123. The summed E-state index contributed by atoms with van der Waals surface area (Å²) in [7, 11) is 0. The van der Waals surface area contributed by atoms with Crippen LogP contribution < -0.4 is 14.9 Å². The van der Waals surface area contributed by atoms with E-state index in [1.807, 2.05) is 43.3 Å². The number of rotatable bonds is 7. The SMILES string of the molecule is Cc1cccc(C(=O)Oc2ccc3ccccc3c2C=NNC(=O)COc2cccc(Cl)c2Cl)c1. The fraction of sp³-hybridized carbons (Fsp3) is 0.0741. The molecule has 35 heavy (non-hydrogen) atoms. The number of nitrogens with one attached hydrogen (secondary N) is 1. The summed E-state index contributed by atoms with van der Waals surface area (Å²) in [5.41, 5.74) is 4.34. The van der Waals surface area contributed by atoms with E-state index in [1.165, 1.54) is 6.21 Å². The van der Waals surface area contributed by atoms with Gasteiger partial charge < -0.3 is 9.47 Å². The summed E-state index contributed by atoms with van der Waals surface area (Å²) in [4.78, 5) is 25.0. The second-order valence-electron chi connectivity index (χ2n) is 7.59. The molecule has 0 aliphatic carbocycles. The van der Waals surface area contributed by atoms with Gasteiger partial charge in [0, 0.05) is 5.56 Å². The molecule has 0 saturated carbocycles. The number of nitrogens with zero attached hydrogens (tertiary/aromatic N) is 1. The quantitative estimate of drug-likeness (QED) is 0.140. The summed E-state index contributed by atoms with van der Waals surface area (Å²) >= 11 is 12.0. The third-order valence-electron chi connectivity index (χ3n) is 5.04. The van der Waals surface area contributed by atoms with Crippen molar-refractivity contribution in [1.82, 2.24) is 5.43 Å². The van der Waals surface area contributed by atoms with Gasteiger partial charge in [0.15, 0.2) is 6.61 Å². The summed E-state index contributed by atoms with van der Waals surface area (Å²) < 4.78 is 11.1. The molecule has 0 aromatic heterocycles. The topological polar surface area (TPSA) is 77.0 Å². The highest BCUT2D eigenvalue weighted by Crippen LogP contribution is 2.31. The third kappa shape index (κ3) is 5.98. The second-order valence-corrected chi connectivity index (χ2v) is 8.38. The molecule has 1 amide bonds. The van der Waals surface area contributed by atoms with Gasteiger partial charge in [0.05, 0.1) is 16.8 Å². The molecule has 0 radical (unpaired) electrons. The fourth-order valence-corrected chi connectivity index (χ4v) is 3.71. The number of amides is 1. The van der Waals surface area contributed by atoms with Crippen LogP contribution in [0.15, 0.2) is 84.0 Å². The Labute approximate surface area is 212 Å². The molecule has 6 nitrogen and oxygen atoms in total. The highest BCUT2D eigenvalue weighted by atomic mass is 35.5. The highest BCUT2D eigenvalue weighted by Gasteiger charge is 2.14. The summed E-state index contributed by atoms with van der Waals surface area (Å²) in [5.74, 6) is -0.391. The molecule has 0 bridgehead atoms. The lowest BCUT2D eigenvalue weighted by atomic mass is 10.0. The van der Waals surface area contributed by atoms with Crippen molar-refractivity contribution in [3.8, 4) is 11.5 Å². The van der Waals surface area contributed by atoms with E-state index >= 15 is 0 Å². The Bertz CT molecular complexity index is 1440. The molecule has 0 heterocycles. The molecule has 0 fully saturated rings. The van der Waals surface area contributed by atoms with Crippen molar-refractivity contribution in [2.75, 3.05) is 6.61 Å². The minimum absolute atomic E-state index is 0.223. The maximum atomic E-state index is 12.7. The molecule has 0 unspecified atom stereocenters. The van der Waals surface area contributed by atoms with Crippen LogP contribution in [0.3, 0.4) is 0 Å². The second kappa shape index (κ2) is 11.0. The van der Waals surface area contributed by atoms with Crippen LogP contribution in [-0.2, 0) is 4.79 Å². The molecule has 0 atom stereocenters. The van der Waals surface area contributed by atoms with Crippen molar-refractivity contribution < 1.29 is 19.1 Å². The number of hydrogen-bond acceptors (Lipinski definition) is 5. The smallest absolute Gasteiger partial charge is 0.343 e. The van der Waals surface area contributed by atoms with Crippen LogP contribution in [0.5, 0.6) is 11.5 Å². The molecule has 8 heteroatoms. The molecular weight excluding hydrogens is 487 g/mol. The van der Waals surface area contributed by atoms with Gasteiger partial charge in [-0.3, -0.25) is 4.79 Å². The Hall–Kier alpha value is -3.87. The van der Waals surface area contributed by atoms with Crippen molar-refractivity contribution in [2.45, 2.75) is 6.92 Å². The Morgan fingerprint density at radius 3 is 2.57 bits per heavy atom. The molecule has 0 spiro atoms. The van der Waals surface area contributed by atoms with E-state index in [0.29, 0.717) is 21.9 Å². The monoisotopic (exact) mass is 506 g/mol. The average Bonchev–Trinajstić information content (AvgIpc) is 2.86. The van der Waals surface area contributed by atoms with Crippen molar-refractivity contribution >= 4 is 52.1 Å². The number of hydrazone groups is 1. The standard InChI is InChI=1S/C27H20Cl2N2O4/c1-17-6-4-8-19(14-17)27(33)35-23-13-12-18-7-2-3-9-20(18)21(23)15-30-31-25(32)16-34-24-11-5-10-22(28)26(24)29/h2-15H,16H2,1H3,(H,31,32). The van der Waals surface area contributed by atoms with Gasteiger partial charge in [-0.25, -0.2) is 10.2 Å². The molecule has 0 aliphatic rings. The van der Waals surface area contributed by atoms with E-state index in [1.54, 1.807) is 42.5 Å². The van der Waals surface area contributed by atoms with Gasteiger partial charge >= 0.3 is 5.97 Å². The van der Waals surface area contributed by atoms with Crippen LogP contribution in [0.25, 0.3) is 10.8 Å². The number of hydrogen-bond donors (Lipinski definition) is 1. The highest BCUT2D eigenvalue weighted by molar-refractivity contribution is 6.42. The number of aryl methyl sites for hydroxylation is 1. The average molecular weight is 507 g/mol. The van der Waals surface area contributed by atoms with Crippen molar-refractivity contribution in [3.63, 3.8) is 0 Å². The summed E-state index contributed by atoms with van der Waals surface area (Å²) in [6.07, 6.45) is 1.44. The zero-order chi connectivity index (χ0) is 24.8. The third-order valence-corrected chi connectivity index (χ3v) is 5.85. The van der Waals surface area contributed by atoms with E-state index in [4.69, 9.17) is 32.7 Å². The first-order valence-electron chi connectivity index (χ1n) is 10.6. The number of esters is 1. The van der Waals surface area contributed by atoms with Crippen LogP contribution >= 0.6 is 23.2 Å². The van der Waals surface area contributed by atoms with E-state index in [-0.39, 0.29) is 17.4 Å². The number of benzene rings is 4. The first-order valence-corrected chi connectivity index (χ1v) is 11.4. The number of ether oxygens (including phenoxy) is 2. The summed E-state index contributed by atoms with van der Waals surface area (Å²) in [6.45, 7) is 1.58. The minimum Gasteiger partial charge on any atom is -0.482 e. The largest absolute Gasteiger partial charge is 0.482 e. The Balaban J connectivity index is 1.51. The van der Waals surface area contributed by atoms with E-state index in [9.17, 15) is 9.59 Å².